The van der Waals surface area contributed by atoms with Crippen molar-refractivity contribution in [2.24, 2.45) is 4.99 Å². The highest BCUT2D eigenvalue weighted by Crippen LogP contribution is 2.22. The van der Waals surface area contributed by atoms with Crippen molar-refractivity contribution in [3.8, 4) is 5.75 Å². The van der Waals surface area contributed by atoms with Crippen molar-refractivity contribution in [2.45, 2.75) is 39.5 Å². The number of aliphatic hydroxyl groups is 1. The maximum Gasteiger partial charge on any atom is 0.387 e. The first kappa shape index (κ1) is 21.6. The van der Waals surface area contributed by atoms with Gasteiger partial charge in [0.1, 0.15) is 5.75 Å². The van der Waals surface area contributed by atoms with E-state index >= 15 is 0 Å². The largest absolute Gasteiger partial charge is 0.434 e. The van der Waals surface area contributed by atoms with Crippen LogP contribution in [0.25, 0.3) is 0 Å². The van der Waals surface area contributed by atoms with Crippen LogP contribution in [0.4, 0.5) is 8.78 Å². The van der Waals surface area contributed by atoms with E-state index in [1.165, 1.54) is 6.07 Å². The molecule has 0 fully saturated rings. The smallest absolute Gasteiger partial charge is 0.387 e. The van der Waals surface area contributed by atoms with Gasteiger partial charge in [-0.05, 0) is 25.5 Å². The summed E-state index contributed by atoms with van der Waals surface area (Å²) in [6.45, 7) is 2.04. The fraction of sp³-hybridized carbons (Fsp3) is 0.381. The Bertz CT molecular complexity index is 755. The van der Waals surface area contributed by atoms with Crippen molar-refractivity contribution in [1.29, 1.82) is 0 Å². The Morgan fingerprint density at radius 3 is 2.57 bits per heavy atom. The maximum atomic E-state index is 12.6. The predicted molar refractivity (Wildman–Crippen MR) is 107 cm³/mol. The highest BCUT2D eigenvalue weighted by Gasteiger charge is 2.11. The third-order valence-corrected chi connectivity index (χ3v) is 4.00. The van der Waals surface area contributed by atoms with Crippen molar-refractivity contribution >= 4 is 5.96 Å². The molecule has 0 saturated heterocycles. The molecule has 28 heavy (non-hydrogen) atoms. The summed E-state index contributed by atoms with van der Waals surface area (Å²) in [4.78, 5) is 4.43. The molecule has 0 radical (unpaired) electrons. The summed E-state index contributed by atoms with van der Waals surface area (Å²) >= 11 is 0. The molecule has 2 rings (SSSR count). The van der Waals surface area contributed by atoms with Crippen LogP contribution in [0.3, 0.4) is 0 Å². The molecule has 0 spiro atoms. The Kier molecular flexibility index (Phi) is 8.68. The number of rotatable bonds is 9. The Labute approximate surface area is 164 Å². The van der Waals surface area contributed by atoms with E-state index in [0.29, 0.717) is 31.0 Å². The topological polar surface area (TPSA) is 65.9 Å². The second kappa shape index (κ2) is 11.2. The first-order valence-corrected chi connectivity index (χ1v) is 9.26. The molecule has 7 heteroatoms. The first-order valence-electron chi connectivity index (χ1n) is 9.26. The van der Waals surface area contributed by atoms with Gasteiger partial charge in [-0.1, -0.05) is 48.0 Å². The molecule has 0 aliphatic rings. The van der Waals surface area contributed by atoms with Gasteiger partial charge >= 0.3 is 6.61 Å². The van der Waals surface area contributed by atoms with Gasteiger partial charge in [-0.2, -0.15) is 8.78 Å². The quantitative estimate of drug-likeness (QED) is 0.454. The minimum Gasteiger partial charge on any atom is -0.434 e. The van der Waals surface area contributed by atoms with Gasteiger partial charge in [-0.15, -0.1) is 0 Å². The van der Waals surface area contributed by atoms with Gasteiger partial charge in [0.25, 0.3) is 0 Å². The highest BCUT2D eigenvalue weighted by atomic mass is 19.3. The third-order valence-electron chi connectivity index (χ3n) is 4.00. The zero-order chi connectivity index (χ0) is 20.4. The molecule has 0 aliphatic heterocycles. The lowest BCUT2D eigenvalue weighted by molar-refractivity contribution is -0.0504. The maximum absolute atomic E-state index is 12.6. The number of aliphatic hydroxyl groups excluding tert-OH is 1. The Morgan fingerprint density at radius 2 is 1.89 bits per heavy atom. The fourth-order valence-corrected chi connectivity index (χ4v) is 2.72. The lowest BCUT2D eigenvalue weighted by atomic mass is 10.1. The number of aliphatic imine (C=N–C) groups is 1. The molecule has 1 atom stereocenters. The van der Waals surface area contributed by atoms with Crippen molar-refractivity contribution < 1.29 is 18.6 Å². The Hall–Kier alpha value is -2.67. The SMILES string of the molecule is CCNC(=NCc1cc(C)ccc1OC(F)F)NCC(O)Cc1ccccc1. The van der Waals surface area contributed by atoms with E-state index in [9.17, 15) is 13.9 Å². The van der Waals surface area contributed by atoms with E-state index < -0.39 is 12.7 Å². The summed E-state index contributed by atoms with van der Waals surface area (Å²) in [6, 6.07) is 14.7. The molecule has 0 heterocycles. The van der Waals surface area contributed by atoms with Crippen LogP contribution in [0, 0.1) is 6.92 Å². The van der Waals surface area contributed by atoms with Gasteiger partial charge in [0.05, 0.1) is 12.6 Å². The van der Waals surface area contributed by atoms with Crippen molar-refractivity contribution in [3.05, 3.63) is 65.2 Å². The number of benzene rings is 2. The van der Waals surface area contributed by atoms with Crippen LogP contribution in [-0.4, -0.2) is 36.9 Å². The molecule has 0 aliphatic carbocycles. The lowest BCUT2D eigenvalue weighted by Gasteiger charge is -2.16. The van der Waals surface area contributed by atoms with Crippen LogP contribution in [0.1, 0.15) is 23.6 Å². The predicted octanol–water partition coefficient (Wildman–Crippen LogP) is 3.26. The monoisotopic (exact) mass is 391 g/mol. The van der Waals surface area contributed by atoms with E-state index in [0.717, 1.165) is 11.1 Å². The number of nitrogens with one attached hydrogen (secondary N) is 2. The van der Waals surface area contributed by atoms with Crippen LogP contribution in [0.5, 0.6) is 5.75 Å². The van der Waals surface area contributed by atoms with Crippen LogP contribution in [0.2, 0.25) is 0 Å². The van der Waals surface area contributed by atoms with Gasteiger partial charge in [0.15, 0.2) is 5.96 Å². The first-order chi connectivity index (χ1) is 13.5. The van der Waals surface area contributed by atoms with Gasteiger partial charge in [-0.3, -0.25) is 0 Å². The minimum atomic E-state index is -2.88. The molecule has 152 valence electrons. The van der Waals surface area contributed by atoms with Gasteiger partial charge in [-0.25, -0.2) is 4.99 Å². The van der Waals surface area contributed by atoms with Crippen LogP contribution < -0.4 is 15.4 Å². The molecular formula is C21H27F2N3O2. The number of hydrogen-bond donors (Lipinski definition) is 3. The zero-order valence-corrected chi connectivity index (χ0v) is 16.2. The van der Waals surface area contributed by atoms with Crippen molar-refractivity contribution in [3.63, 3.8) is 0 Å². The standard InChI is InChI=1S/C21H27F2N3O2/c1-3-24-21(26-14-18(27)12-16-7-5-4-6-8-16)25-13-17-11-15(2)9-10-19(17)28-20(22)23/h4-11,18,20,27H,3,12-14H2,1-2H3,(H2,24,25,26). The summed E-state index contributed by atoms with van der Waals surface area (Å²) in [6.07, 6.45) is -0.0553. The molecule has 2 aromatic rings. The number of nitrogens with zero attached hydrogens (tertiary/aromatic N) is 1. The Morgan fingerprint density at radius 1 is 1.14 bits per heavy atom. The number of alkyl halides is 2. The fourth-order valence-electron chi connectivity index (χ4n) is 2.72. The van der Waals surface area contributed by atoms with Crippen LogP contribution in [-0.2, 0) is 13.0 Å². The number of aryl methyl sites for hydroxylation is 1. The summed E-state index contributed by atoms with van der Waals surface area (Å²) in [5, 5.41) is 16.4. The number of halogens is 2. The van der Waals surface area contributed by atoms with E-state index in [4.69, 9.17) is 0 Å². The van der Waals surface area contributed by atoms with Gasteiger partial charge < -0.3 is 20.5 Å². The van der Waals surface area contributed by atoms with Crippen molar-refractivity contribution in [1.82, 2.24) is 10.6 Å². The molecule has 1 unspecified atom stereocenters. The summed E-state index contributed by atoms with van der Waals surface area (Å²) < 4.78 is 29.8. The third kappa shape index (κ3) is 7.52. The molecular weight excluding hydrogens is 364 g/mol. The zero-order valence-electron chi connectivity index (χ0n) is 16.2. The number of guanidine groups is 1. The average molecular weight is 391 g/mol. The lowest BCUT2D eigenvalue weighted by Crippen LogP contribution is -2.41. The molecule has 0 saturated carbocycles. The van der Waals surface area contributed by atoms with E-state index in [1.807, 2.05) is 44.2 Å². The number of hydrogen-bond acceptors (Lipinski definition) is 3. The summed E-state index contributed by atoms with van der Waals surface area (Å²) in [5.74, 6) is 0.614. The average Bonchev–Trinajstić information content (AvgIpc) is 2.66. The normalized spacial score (nSPS) is 12.7. The molecule has 3 N–H and O–H groups in total. The molecule has 0 bridgehead atoms. The Balaban J connectivity index is 1.99. The second-order valence-corrected chi connectivity index (χ2v) is 6.41. The summed E-state index contributed by atoms with van der Waals surface area (Å²) in [5.41, 5.74) is 2.55. The van der Waals surface area contributed by atoms with Gasteiger partial charge in [0.2, 0.25) is 0 Å². The molecule has 5 nitrogen and oxygen atoms in total. The van der Waals surface area contributed by atoms with Crippen molar-refractivity contribution in [2.75, 3.05) is 13.1 Å². The number of ether oxygens (including phenoxy) is 1. The second-order valence-electron chi connectivity index (χ2n) is 6.41. The molecule has 0 aromatic heterocycles. The minimum absolute atomic E-state index is 0.115. The highest BCUT2D eigenvalue weighted by molar-refractivity contribution is 5.79. The summed E-state index contributed by atoms with van der Waals surface area (Å²) in [7, 11) is 0. The van der Waals surface area contributed by atoms with E-state index in [2.05, 4.69) is 20.4 Å². The van der Waals surface area contributed by atoms with E-state index in [1.54, 1.807) is 12.1 Å². The van der Waals surface area contributed by atoms with Gasteiger partial charge in [0, 0.05) is 25.1 Å². The van der Waals surface area contributed by atoms with E-state index in [-0.39, 0.29) is 12.3 Å². The molecule has 2 aromatic carbocycles. The molecule has 0 amide bonds. The van der Waals surface area contributed by atoms with Crippen LogP contribution >= 0.6 is 0 Å². The van der Waals surface area contributed by atoms with Crippen LogP contribution in [0.15, 0.2) is 53.5 Å².